The smallest absolute Gasteiger partial charge is 0.271 e. The summed E-state index contributed by atoms with van der Waals surface area (Å²) in [7, 11) is 0. The van der Waals surface area contributed by atoms with Crippen molar-refractivity contribution in [3.8, 4) is 5.88 Å². The molecule has 2 aromatic heterocycles. The fourth-order valence-corrected chi connectivity index (χ4v) is 3.02. The highest BCUT2D eigenvalue weighted by molar-refractivity contribution is 6.33. The van der Waals surface area contributed by atoms with Crippen molar-refractivity contribution in [1.82, 2.24) is 20.5 Å². The first-order valence-electron chi connectivity index (χ1n) is 8.30. The van der Waals surface area contributed by atoms with Crippen LogP contribution in [-0.2, 0) is 0 Å². The highest BCUT2D eigenvalue weighted by Crippen LogP contribution is 2.20. The summed E-state index contributed by atoms with van der Waals surface area (Å²) in [5, 5.41) is 11.4. The molecule has 1 aliphatic heterocycles. The molecule has 25 heavy (non-hydrogen) atoms. The predicted molar refractivity (Wildman–Crippen MR) is 95.1 cm³/mol. The number of rotatable bonds is 5. The van der Waals surface area contributed by atoms with E-state index in [-0.39, 0.29) is 17.6 Å². The predicted octanol–water partition coefficient (Wildman–Crippen LogP) is 2.32. The molecule has 3 rings (SSSR count). The van der Waals surface area contributed by atoms with Crippen molar-refractivity contribution in [2.75, 3.05) is 24.6 Å². The van der Waals surface area contributed by atoms with E-state index in [4.69, 9.17) is 16.3 Å². The number of hydrogen-bond acceptors (Lipinski definition) is 6. The van der Waals surface area contributed by atoms with Crippen LogP contribution in [0.3, 0.4) is 0 Å². The second kappa shape index (κ2) is 8.11. The van der Waals surface area contributed by atoms with Crippen LogP contribution in [-0.4, -0.2) is 46.8 Å². The lowest BCUT2D eigenvalue weighted by molar-refractivity contribution is 0.0927. The lowest BCUT2D eigenvalue weighted by Gasteiger charge is -2.33. The zero-order valence-corrected chi connectivity index (χ0v) is 14.7. The number of carbonyl (C=O) groups excluding carboxylic acids is 1. The summed E-state index contributed by atoms with van der Waals surface area (Å²) in [6.45, 7) is 3.90. The van der Waals surface area contributed by atoms with Gasteiger partial charge in [0.25, 0.3) is 5.91 Å². The molecule has 1 saturated heterocycles. The first-order chi connectivity index (χ1) is 12.2. The van der Waals surface area contributed by atoms with Crippen LogP contribution in [0, 0.1) is 0 Å². The highest BCUT2D eigenvalue weighted by atomic mass is 35.5. The van der Waals surface area contributed by atoms with Crippen molar-refractivity contribution >= 4 is 23.3 Å². The van der Waals surface area contributed by atoms with Gasteiger partial charge in [-0.05, 0) is 38.0 Å². The molecule has 0 radical (unpaired) electrons. The molecule has 7 nitrogen and oxygen atoms in total. The third-order valence-electron chi connectivity index (χ3n) is 3.97. The summed E-state index contributed by atoms with van der Waals surface area (Å²) in [6, 6.07) is 7.05. The third kappa shape index (κ3) is 4.36. The van der Waals surface area contributed by atoms with Crippen LogP contribution in [0.25, 0.3) is 0 Å². The standard InChI is InChI=1S/C17H20ClN5O2/c1-2-25-15-8-7-13(18)16(21-15)17(24)20-12-5-4-10-23(11-12)14-6-3-9-19-22-14/h3,6-9,12H,2,4-5,10-11H2,1H3,(H,20,24). The van der Waals surface area contributed by atoms with E-state index in [0.29, 0.717) is 24.1 Å². The molecule has 1 fully saturated rings. The second-order valence-corrected chi connectivity index (χ2v) is 6.16. The Kier molecular flexibility index (Phi) is 5.65. The average molecular weight is 362 g/mol. The zero-order chi connectivity index (χ0) is 17.6. The summed E-state index contributed by atoms with van der Waals surface area (Å²) in [6.07, 6.45) is 3.50. The van der Waals surface area contributed by atoms with Crippen LogP contribution in [0.15, 0.2) is 30.5 Å². The lowest BCUT2D eigenvalue weighted by Crippen LogP contribution is -2.48. The molecule has 1 atom stereocenters. The Morgan fingerprint density at radius 1 is 1.44 bits per heavy atom. The molecule has 3 heterocycles. The number of carbonyl (C=O) groups is 1. The average Bonchev–Trinajstić information content (AvgIpc) is 2.64. The van der Waals surface area contributed by atoms with Crippen molar-refractivity contribution in [1.29, 1.82) is 0 Å². The SMILES string of the molecule is CCOc1ccc(Cl)c(C(=O)NC2CCCN(c3cccnn3)C2)n1. The minimum Gasteiger partial charge on any atom is -0.478 e. The first-order valence-corrected chi connectivity index (χ1v) is 8.68. The summed E-state index contributed by atoms with van der Waals surface area (Å²) in [4.78, 5) is 18.9. The Hall–Kier alpha value is -2.41. The molecule has 8 heteroatoms. The van der Waals surface area contributed by atoms with Gasteiger partial charge in [0.1, 0.15) is 0 Å². The molecular formula is C17H20ClN5O2. The quantitative estimate of drug-likeness (QED) is 0.880. The minimum absolute atomic E-state index is 0.00290. The van der Waals surface area contributed by atoms with Gasteiger partial charge in [-0.1, -0.05) is 11.6 Å². The number of ether oxygens (including phenoxy) is 1. The number of amides is 1. The van der Waals surface area contributed by atoms with E-state index in [1.165, 1.54) is 0 Å². The van der Waals surface area contributed by atoms with Crippen LogP contribution in [0.5, 0.6) is 5.88 Å². The fourth-order valence-electron chi connectivity index (χ4n) is 2.83. The van der Waals surface area contributed by atoms with Crippen molar-refractivity contribution in [3.63, 3.8) is 0 Å². The number of pyridine rings is 1. The van der Waals surface area contributed by atoms with Gasteiger partial charge in [-0.25, -0.2) is 4.98 Å². The van der Waals surface area contributed by atoms with Gasteiger partial charge in [-0.2, -0.15) is 5.10 Å². The van der Waals surface area contributed by atoms with Gasteiger partial charge >= 0.3 is 0 Å². The second-order valence-electron chi connectivity index (χ2n) is 5.75. The normalized spacial score (nSPS) is 17.2. The van der Waals surface area contributed by atoms with E-state index in [2.05, 4.69) is 25.4 Å². The minimum atomic E-state index is -0.294. The Bertz CT molecular complexity index is 728. The van der Waals surface area contributed by atoms with Gasteiger partial charge in [-0.3, -0.25) is 4.79 Å². The maximum atomic E-state index is 12.6. The highest BCUT2D eigenvalue weighted by Gasteiger charge is 2.24. The van der Waals surface area contributed by atoms with Crippen LogP contribution in [0.4, 0.5) is 5.82 Å². The summed E-state index contributed by atoms with van der Waals surface area (Å²) in [5.74, 6) is 0.912. The van der Waals surface area contributed by atoms with Gasteiger partial charge in [0.15, 0.2) is 11.5 Å². The molecule has 0 saturated carbocycles. The molecule has 1 amide bonds. The van der Waals surface area contributed by atoms with Gasteiger partial charge in [0, 0.05) is 31.4 Å². The van der Waals surface area contributed by atoms with Crippen molar-refractivity contribution in [3.05, 3.63) is 41.2 Å². The monoisotopic (exact) mass is 361 g/mol. The Morgan fingerprint density at radius 3 is 3.08 bits per heavy atom. The molecule has 1 unspecified atom stereocenters. The van der Waals surface area contributed by atoms with Gasteiger partial charge < -0.3 is 15.0 Å². The van der Waals surface area contributed by atoms with Crippen molar-refractivity contribution in [2.24, 2.45) is 0 Å². The van der Waals surface area contributed by atoms with Gasteiger partial charge in [0.05, 0.1) is 11.6 Å². The van der Waals surface area contributed by atoms with E-state index in [1.807, 2.05) is 19.1 Å². The Balaban J connectivity index is 1.67. The summed E-state index contributed by atoms with van der Waals surface area (Å²) >= 11 is 6.13. The van der Waals surface area contributed by atoms with E-state index < -0.39 is 0 Å². The molecule has 1 aliphatic rings. The van der Waals surface area contributed by atoms with Gasteiger partial charge in [0.2, 0.25) is 5.88 Å². The molecular weight excluding hydrogens is 342 g/mol. The zero-order valence-electron chi connectivity index (χ0n) is 14.0. The molecule has 0 aliphatic carbocycles. The number of anilines is 1. The van der Waals surface area contributed by atoms with Gasteiger partial charge in [-0.15, -0.1) is 5.10 Å². The van der Waals surface area contributed by atoms with Crippen LogP contribution < -0.4 is 15.0 Å². The Morgan fingerprint density at radius 2 is 2.32 bits per heavy atom. The number of halogens is 1. The number of nitrogens with zero attached hydrogens (tertiary/aromatic N) is 4. The number of nitrogens with one attached hydrogen (secondary N) is 1. The molecule has 2 aromatic rings. The fraction of sp³-hybridized carbons (Fsp3) is 0.412. The molecule has 132 valence electrons. The van der Waals surface area contributed by atoms with E-state index >= 15 is 0 Å². The Labute approximate surface area is 151 Å². The molecule has 0 aromatic carbocycles. The van der Waals surface area contributed by atoms with Crippen molar-refractivity contribution < 1.29 is 9.53 Å². The van der Waals surface area contributed by atoms with Crippen LogP contribution in [0.1, 0.15) is 30.3 Å². The summed E-state index contributed by atoms with van der Waals surface area (Å²) in [5.41, 5.74) is 0.184. The maximum absolute atomic E-state index is 12.6. The number of hydrogen-bond donors (Lipinski definition) is 1. The molecule has 0 bridgehead atoms. The maximum Gasteiger partial charge on any atom is 0.271 e. The first kappa shape index (κ1) is 17.4. The topological polar surface area (TPSA) is 80.2 Å². The van der Waals surface area contributed by atoms with E-state index in [0.717, 1.165) is 25.2 Å². The third-order valence-corrected chi connectivity index (χ3v) is 4.27. The summed E-state index contributed by atoms with van der Waals surface area (Å²) < 4.78 is 5.34. The van der Waals surface area contributed by atoms with E-state index in [9.17, 15) is 4.79 Å². The van der Waals surface area contributed by atoms with Crippen LogP contribution in [0.2, 0.25) is 5.02 Å². The van der Waals surface area contributed by atoms with Crippen LogP contribution >= 0.6 is 11.6 Å². The van der Waals surface area contributed by atoms with Crippen molar-refractivity contribution in [2.45, 2.75) is 25.8 Å². The van der Waals surface area contributed by atoms with E-state index in [1.54, 1.807) is 18.3 Å². The molecule has 0 spiro atoms. The number of aromatic nitrogens is 3. The largest absolute Gasteiger partial charge is 0.478 e. The molecule has 1 N–H and O–H groups in total. The number of piperidine rings is 1. The lowest BCUT2D eigenvalue weighted by atomic mass is 10.1.